The molecule has 1 aliphatic rings. The lowest BCUT2D eigenvalue weighted by Crippen LogP contribution is -2.57. The van der Waals surface area contributed by atoms with Crippen molar-refractivity contribution in [3.63, 3.8) is 0 Å². The highest BCUT2D eigenvalue weighted by atomic mass is 15.3. The lowest BCUT2D eigenvalue weighted by Gasteiger charge is -2.41. The molecule has 0 amide bonds. The number of likely N-dealkylation sites (tertiary alicyclic amines) is 1. The molecule has 0 aromatic heterocycles. The van der Waals surface area contributed by atoms with Crippen LogP contribution in [0, 0.1) is 11.3 Å². The van der Waals surface area contributed by atoms with Crippen molar-refractivity contribution in [2.75, 3.05) is 33.7 Å². The van der Waals surface area contributed by atoms with E-state index in [0.717, 1.165) is 13.1 Å². The Bertz CT molecular complexity index is 141. The van der Waals surface area contributed by atoms with Crippen molar-refractivity contribution >= 4 is 0 Å². The van der Waals surface area contributed by atoms with Crippen LogP contribution in [0.4, 0.5) is 0 Å². The van der Waals surface area contributed by atoms with Crippen molar-refractivity contribution in [3.8, 4) is 6.07 Å². The minimum Gasteiger partial charge on any atom is -0.304 e. The van der Waals surface area contributed by atoms with Gasteiger partial charge in [-0.3, -0.25) is 4.90 Å². The van der Waals surface area contributed by atoms with E-state index in [-0.39, 0.29) is 0 Å². The number of nitriles is 1. The van der Waals surface area contributed by atoms with Crippen molar-refractivity contribution in [1.29, 1.82) is 5.26 Å². The van der Waals surface area contributed by atoms with Gasteiger partial charge in [0.25, 0.3) is 0 Å². The lowest BCUT2D eigenvalue weighted by molar-refractivity contribution is 0.0758. The van der Waals surface area contributed by atoms with Gasteiger partial charge in [-0.2, -0.15) is 5.26 Å². The van der Waals surface area contributed by atoms with Gasteiger partial charge in [-0.25, -0.2) is 0 Å². The molecule has 0 aliphatic carbocycles. The zero-order chi connectivity index (χ0) is 7.56. The van der Waals surface area contributed by atoms with E-state index in [4.69, 9.17) is 5.26 Å². The first-order chi connectivity index (χ1) is 4.74. The Morgan fingerprint density at radius 3 is 2.60 bits per heavy atom. The second-order valence-corrected chi connectivity index (χ2v) is 2.97. The summed E-state index contributed by atoms with van der Waals surface area (Å²) in [4.78, 5) is 4.35. The molecule has 1 fully saturated rings. The number of hydrogen-bond acceptors (Lipinski definition) is 3. The molecule has 0 aromatic carbocycles. The van der Waals surface area contributed by atoms with Gasteiger partial charge in [0.1, 0.15) is 0 Å². The van der Waals surface area contributed by atoms with Crippen LogP contribution in [-0.2, 0) is 0 Å². The second kappa shape index (κ2) is 3.00. The summed E-state index contributed by atoms with van der Waals surface area (Å²) in [6.45, 7) is 2.70. The Hall–Kier alpha value is -0.590. The van der Waals surface area contributed by atoms with Gasteiger partial charge in [0.05, 0.1) is 12.6 Å². The van der Waals surface area contributed by atoms with E-state index in [1.54, 1.807) is 0 Å². The molecule has 1 saturated heterocycles. The highest BCUT2D eigenvalue weighted by Gasteiger charge is 2.27. The van der Waals surface area contributed by atoms with Gasteiger partial charge in [-0.1, -0.05) is 0 Å². The quantitative estimate of drug-likeness (QED) is 0.494. The fourth-order valence-electron chi connectivity index (χ4n) is 1.10. The first-order valence-electron chi connectivity index (χ1n) is 3.49. The third-order valence-electron chi connectivity index (χ3n) is 1.96. The van der Waals surface area contributed by atoms with Gasteiger partial charge in [-0.05, 0) is 14.1 Å². The summed E-state index contributed by atoms with van der Waals surface area (Å²) in [5.41, 5.74) is 0. The summed E-state index contributed by atoms with van der Waals surface area (Å²) in [7, 11) is 4.16. The van der Waals surface area contributed by atoms with Crippen LogP contribution < -0.4 is 0 Å². The molecule has 1 aliphatic heterocycles. The third kappa shape index (κ3) is 1.47. The predicted molar refractivity (Wildman–Crippen MR) is 39.5 cm³/mol. The van der Waals surface area contributed by atoms with Gasteiger partial charge < -0.3 is 4.90 Å². The molecule has 0 spiro atoms. The van der Waals surface area contributed by atoms with Crippen LogP contribution in [0.2, 0.25) is 0 Å². The molecule has 0 unspecified atom stereocenters. The van der Waals surface area contributed by atoms with Crippen molar-refractivity contribution in [2.24, 2.45) is 0 Å². The van der Waals surface area contributed by atoms with Crippen LogP contribution in [0.15, 0.2) is 0 Å². The van der Waals surface area contributed by atoms with Crippen LogP contribution in [0.3, 0.4) is 0 Å². The molecular weight excluding hydrogens is 126 g/mol. The summed E-state index contributed by atoms with van der Waals surface area (Å²) in [5.74, 6) is 0. The molecule has 0 N–H and O–H groups in total. The van der Waals surface area contributed by atoms with Gasteiger partial charge in [0.2, 0.25) is 0 Å². The van der Waals surface area contributed by atoms with Crippen LogP contribution >= 0.6 is 0 Å². The normalized spacial score (nSPS) is 20.6. The molecule has 0 bridgehead atoms. The van der Waals surface area contributed by atoms with Crippen LogP contribution in [0.5, 0.6) is 0 Å². The molecule has 3 nitrogen and oxygen atoms in total. The number of nitrogens with zero attached hydrogens (tertiary/aromatic N) is 3. The first kappa shape index (κ1) is 7.52. The van der Waals surface area contributed by atoms with Crippen LogP contribution in [0.25, 0.3) is 0 Å². The standard InChI is InChI=1S/C7H13N3/c1-9(2)7-5-10(6-7)4-3-8/h7H,4-6H2,1-2H3. The minimum atomic E-state index is 0.588. The van der Waals surface area contributed by atoms with E-state index in [0.29, 0.717) is 12.6 Å². The van der Waals surface area contributed by atoms with E-state index in [2.05, 4.69) is 30.0 Å². The van der Waals surface area contributed by atoms with E-state index in [1.807, 2.05) is 0 Å². The third-order valence-corrected chi connectivity index (χ3v) is 1.96. The van der Waals surface area contributed by atoms with Crippen molar-refractivity contribution in [3.05, 3.63) is 0 Å². The smallest absolute Gasteiger partial charge is 0.0867 e. The fourth-order valence-corrected chi connectivity index (χ4v) is 1.10. The summed E-state index contributed by atoms with van der Waals surface area (Å²) in [5, 5.41) is 8.32. The number of likely N-dealkylation sites (N-methyl/N-ethyl adjacent to an activating group) is 1. The van der Waals surface area contributed by atoms with E-state index >= 15 is 0 Å². The molecule has 56 valence electrons. The maximum Gasteiger partial charge on any atom is 0.0867 e. The molecule has 3 heteroatoms. The van der Waals surface area contributed by atoms with E-state index in [1.165, 1.54) is 0 Å². The summed E-state index contributed by atoms with van der Waals surface area (Å²) >= 11 is 0. The van der Waals surface area contributed by atoms with Gasteiger partial charge in [-0.15, -0.1) is 0 Å². The zero-order valence-corrected chi connectivity index (χ0v) is 6.54. The summed E-state index contributed by atoms with van der Waals surface area (Å²) in [6, 6.07) is 2.81. The monoisotopic (exact) mass is 139 g/mol. The Morgan fingerprint density at radius 1 is 1.60 bits per heavy atom. The summed E-state index contributed by atoms with van der Waals surface area (Å²) in [6.07, 6.45) is 0. The Morgan fingerprint density at radius 2 is 2.20 bits per heavy atom. The Kier molecular flexibility index (Phi) is 2.25. The second-order valence-electron chi connectivity index (χ2n) is 2.97. The average molecular weight is 139 g/mol. The SMILES string of the molecule is CN(C)C1CN(CC#N)C1. The molecule has 0 aromatic rings. The topological polar surface area (TPSA) is 30.3 Å². The molecule has 0 radical (unpaired) electrons. The van der Waals surface area contributed by atoms with Crippen LogP contribution in [0.1, 0.15) is 0 Å². The van der Waals surface area contributed by atoms with Gasteiger partial charge in [0.15, 0.2) is 0 Å². The number of rotatable bonds is 2. The summed E-state index contributed by atoms with van der Waals surface area (Å²) < 4.78 is 0. The lowest BCUT2D eigenvalue weighted by atomic mass is 10.1. The molecule has 0 saturated carbocycles. The van der Waals surface area contributed by atoms with Crippen LogP contribution in [-0.4, -0.2) is 49.6 Å². The fraction of sp³-hybridized carbons (Fsp3) is 0.857. The minimum absolute atomic E-state index is 0.588. The largest absolute Gasteiger partial charge is 0.304 e. The number of hydrogen-bond donors (Lipinski definition) is 0. The Labute approximate surface area is 61.8 Å². The highest BCUT2D eigenvalue weighted by molar-refractivity contribution is 4.90. The maximum absolute atomic E-state index is 8.32. The first-order valence-corrected chi connectivity index (χ1v) is 3.49. The van der Waals surface area contributed by atoms with Crippen molar-refractivity contribution in [1.82, 2.24) is 9.80 Å². The van der Waals surface area contributed by atoms with E-state index < -0.39 is 0 Å². The zero-order valence-electron chi connectivity index (χ0n) is 6.54. The highest BCUT2D eigenvalue weighted by Crippen LogP contribution is 2.10. The van der Waals surface area contributed by atoms with Gasteiger partial charge in [0, 0.05) is 19.1 Å². The molecule has 0 atom stereocenters. The molecule has 1 rings (SSSR count). The van der Waals surface area contributed by atoms with Gasteiger partial charge >= 0.3 is 0 Å². The van der Waals surface area contributed by atoms with Crippen molar-refractivity contribution in [2.45, 2.75) is 6.04 Å². The predicted octanol–water partition coefficient (Wildman–Crippen LogP) is -0.244. The average Bonchev–Trinajstić information content (AvgIpc) is 1.76. The Balaban J connectivity index is 2.13. The van der Waals surface area contributed by atoms with E-state index in [9.17, 15) is 0 Å². The maximum atomic E-state index is 8.32. The molecule has 1 heterocycles. The molecule has 10 heavy (non-hydrogen) atoms. The van der Waals surface area contributed by atoms with Crippen molar-refractivity contribution < 1.29 is 0 Å². The molecular formula is C7H13N3.